The van der Waals surface area contributed by atoms with E-state index < -0.39 is 0 Å². The number of hydrogen-bond donors (Lipinski definition) is 0. The van der Waals surface area contributed by atoms with Crippen LogP contribution in [0.5, 0.6) is 0 Å². The molecule has 4 nitrogen and oxygen atoms in total. The van der Waals surface area contributed by atoms with E-state index in [4.69, 9.17) is 0 Å². The smallest absolute Gasteiger partial charge is 0.307 e. The molecule has 19 heavy (non-hydrogen) atoms. The normalized spacial score (nSPS) is 27.9. The van der Waals surface area contributed by atoms with E-state index in [0.717, 1.165) is 12.8 Å². The lowest BCUT2D eigenvalue weighted by molar-refractivity contribution is -0.143. The average Bonchev–Trinajstić information content (AvgIpc) is 3.00. The number of methoxy groups -OCH3 is 1. The van der Waals surface area contributed by atoms with Crippen molar-refractivity contribution in [3.63, 3.8) is 0 Å². The molecule has 0 aliphatic heterocycles. The summed E-state index contributed by atoms with van der Waals surface area (Å²) in [4.78, 5) is 25.7. The van der Waals surface area contributed by atoms with Gasteiger partial charge in [-0.25, -0.2) is 0 Å². The molecule has 1 amide bonds. The predicted octanol–water partition coefficient (Wildman–Crippen LogP) is 2.00. The highest BCUT2D eigenvalue weighted by molar-refractivity contribution is 5.81. The molecule has 106 valence electrons. The van der Waals surface area contributed by atoms with Crippen LogP contribution in [0.4, 0.5) is 0 Å². The molecule has 0 radical (unpaired) electrons. The van der Waals surface area contributed by atoms with Crippen LogP contribution in [-0.4, -0.2) is 36.5 Å². The summed E-state index contributed by atoms with van der Waals surface area (Å²) in [5.41, 5.74) is 0. The Kier molecular flexibility index (Phi) is 4.27. The highest BCUT2D eigenvalue weighted by Gasteiger charge is 2.41. The molecule has 0 unspecified atom stereocenters. The summed E-state index contributed by atoms with van der Waals surface area (Å²) in [6.07, 6.45) is 6.80. The van der Waals surface area contributed by atoms with Crippen LogP contribution in [0.3, 0.4) is 0 Å². The number of ether oxygens (including phenoxy) is 1. The van der Waals surface area contributed by atoms with Crippen LogP contribution in [0.1, 0.15) is 33.1 Å². The van der Waals surface area contributed by atoms with E-state index in [1.165, 1.54) is 7.11 Å². The average molecular weight is 265 g/mol. The van der Waals surface area contributed by atoms with Crippen molar-refractivity contribution in [2.24, 2.45) is 17.8 Å². The molecule has 2 bridgehead atoms. The summed E-state index contributed by atoms with van der Waals surface area (Å²) in [6.45, 7) is 4.46. The lowest BCUT2D eigenvalue weighted by Gasteiger charge is -2.31. The number of allylic oxidation sites excluding steroid dienone is 2. The maximum atomic E-state index is 12.6. The van der Waals surface area contributed by atoms with Gasteiger partial charge in [-0.15, -0.1) is 0 Å². The zero-order chi connectivity index (χ0) is 14.0. The first-order valence-corrected chi connectivity index (χ1v) is 7.08. The van der Waals surface area contributed by atoms with Gasteiger partial charge < -0.3 is 9.64 Å². The molecule has 4 heteroatoms. The lowest BCUT2D eigenvalue weighted by atomic mass is 9.91. The van der Waals surface area contributed by atoms with Crippen molar-refractivity contribution < 1.29 is 14.3 Å². The maximum absolute atomic E-state index is 12.6. The quantitative estimate of drug-likeness (QED) is 0.564. The number of carbonyl (C=O) groups excluding carboxylic acids is 2. The summed E-state index contributed by atoms with van der Waals surface area (Å²) < 4.78 is 4.65. The molecule has 1 fully saturated rings. The van der Waals surface area contributed by atoms with Crippen molar-refractivity contribution in [2.75, 3.05) is 13.7 Å². The van der Waals surface area contributed by atoms with Gasteiger partial charge in [-0.1, -0.05) is 12.2 Å². The Morgan fingerprint density at radius 1 is 1.32 bits per heavy atom. The SMILES string of the molecule is COC(=O)CCN(C(=O)[C@H]1C[C@H]2C=C[C@@H]1C2)C(C)C. The van der Waals surface area contributed by atoms with Crippen LogP contribution in [0, 0.1) is 17.8 Å². The largest absolute Gasteiger partial charge is 0.469 e. The summed E-state index contributed by atoms with van der Waals surface area (Å²) >= 11 is 0. The van der Waals surface area contributed by atoms with Gasteiger partial charge in [-0.2, -0.15) is 0 Å². The van der Waals surface area contributed by atoms with E-state index in [2.05, 4.69) is 16.9 Å². The number of rotatable bonds is 5. The molecular weight excluding hydrogens is 242 g/mol. The van der Waals surface area contributed by atoms with E-state index in [1.807, 2.05) is 18.7 Å². The third-order valence-corrected chi connectivity index (χ3v) is 4.29. The molecule has 3 atom stereocenters. The Bertz CT molecular complexity index is 389. The van der Waals surface area contributed by atoms with Crippen molar-refractivity contribution in [1.82, 2.24) is 4.90 Å². The summed E-state index contributed by atoms with van der Waals surface area (Å²) in [7, 11) is 1.38. The molecule has 0 heterocycles. The Balaban J connectivity index is 1.97. The topological polar surface area (TPSA) is 46.6 Å². The van der Waals surface area contributed by atoms with E-state index in [9.17, 15) is 9.59 Å². The Hall–Kier alpha value is -1.32. The van der Waals surface area contributed by atoms with Gasteiger partial charge in [0.05, 0.1) is 13.5 Å². The van der Waals surface area contributed by atoms with E-state index in [0.29, 0.717) is 18.4 Å². The highest BCUT2D eigenvalue weighted by Crippen LogP contribution is 2.44. The fourth-order valence-corrected chi connectivity index (χ4v) is 3.21. The van der Waals surface area contributed by atoms with Crippen LogP contribution >= 0.6 is 0 Å². The summed E-state index contributed by atoms with van der Waals surface area (Å²) in [6, 6.07) is 0.125. The number of amides is 1. The zero-order valence-electron chi connectivity index (χ0n) is 12.0. The molecule has 0 N–H and O–H groups in total. The summed E-state index contributed by atoms with van der Waals surface area (Å²) in [5.74, 6) is 1.07. The number of carbonyl (C=O) groups is 2. The Morgan fingerprint density at radius 2 is 2.05 bits per heavy atom. The third-order valence-electron chi connectivity index (χ3n) is 4.29. The second-order valence-corrected chi connectivity index (χ2v) is 5.84. The van der Waals surface area contributed by atoms with Crippen molar-refractivity contribution in [3.05, 3.63) is 12.2 Å². The number of fused-ring (bicyclic) bond motifs is 2. The van der Waals surface area contributed by atoms with Gasteiger partial charge in [-0.3, -0.25) is 9.59 Å². The van der Waals surface area contributed by atoms with Crippen molar-refractivity contribution >= 4 is 11.9 Å². The van der Waals surface area contributed by atoms with E-state index in [1.54, 1.807) is 0 Å². The van der Waals surface area contributed by atoms with E-state index >= 15 is 0 Å². The first-order chi connectivity index (χ1) is 9.02. The second kappa shape index (κ2) is 5.76. The van der Waals surface area contributed by atoms with Gasteiger partial charge in [-0.05, 0) is 38.5 Å². The standard InChI is InChI=1S/C15H23NO3/c1-10(2)16(7-6-14(17)19-3)15(18)13-9-11-4-5-12(13)8-11/h4-5,10-13H,6-9H2,1-3H3/t11-,12+,13-/m0/s1. The fraction of sp³-hybridized carbons (Fsp3) is 0.733. The van der Waals surface area contributed by atoms with Crippen LogP contribution in [-0.2, 0) is 14.3 Å². The van der Waals surface area contributed by atoms with Crippen molar-refractivity contribution in [1.29, 1.82) is 0 Å². The molecule has 0 aromatic carbocycles. The minimum Gasteiger partial charge on any atom is -0.469 e. The molecule has 1 saturated carbocycles. The first-order valence-electron chi connectivity index (χ1n) is 7.08. The number of hydrogen-bond acceptors (Lipinski definition) is 3. The van der Waals surface area contributed by atoms with Crippen molar-refractivity contribution in [2.45, 2.75) is 39.2 Å². The van der Waals surface area contributed by atoms with Gasteiger partial charge in [0, 0.05) is 18.5 Å². The van der Waals surface area contributed by atoms with Crippen molar-refractivity contribution in [3.8, 4) is 0 Å². The molecule has 0 saturated heterocycles. The monoisotopic (exact) mass is 265 g/mol. The molecule has 2 aliphatic carbocycles. The van der Waals surface area contributed by atoms with Gasteiger partial charge in [0.25, 0.3) is 0 Å². The highest BCUT2D eigenvalue weighted by atomic mass is 16.5. The molecular formula is C15H23NO3. The second-order valence-electron chi connectivity index (χ2n) is 5.84. The molecule has 2 aliphatic rings. The van der Waals surface area contributed by atoms with Crippen LogP contribution in [0.25, 0.3) is 0 Å². The van der Waals surface area contributed by atoms with Crippen LogP contribution in [0.2, 0.25) is 0 Å². The van der Waals surface area contributed by atoms with Crippen LogP contribution in [0.15, 0.2) is 12.2 Å². The number of esters is 1. The van der Waals surface area contributed by atoms with Gasteiger partial charge in [0.1, 0.15) is 0 Å². The molecule has 0 spiro atoms. The number of nitrogens with zero attached hydrogens (tertiary/aromatic N) is 1. The minimum atomic E-state index is -0.258. The molecule has 0 aromatic heterocycles. The predicted molar refractivity (Wildman–Crippen MR) is 72.3 cm³/mol. The van der Waals surface area contributed by atoms with Gasteiger partial charge >= 0.3 is 5.97 Å². The van der Waals surface area contributed by atoms with E-state index in [-0.39, 0.29) is 30.3 Å². The maximum Gasteiger partial charge on any atom is 0.307 e. The van der Waals surface area contributed by atoms with Gasteiger partial charge in [0.15, 0.2) is 0 Å². The molecule has 0 aromatic rings. The Morgan fingerprint density at radius 3 is 2.53 bits per heavy atom. The first kappa shape index (κ1) is 14.1. The summed E-state index contributed by atoms with van der Waals surface area (Å²) in [5, 5.41) is 0. The van der Waals surface area contributed by atoms with Gasteiger partial charge in [0.2, 0.25) is 5.91 Å². The Labute approximate surface area is 114 Å². The fourth-order valence-electron chi connectivity index (χ4n) is 3.21. The lowest BCUT2D eigenvalue weighted by Crippen LogP contribution is -2.43. The molecule has 2 rings (SSSR count). The zero-order valence-corrected chi connectivity index (χ0v) is 12.0. The van der Waals surface area contributed by atoms with Crippen LogP contribution < -0.4 is 0 Å². The third kappa shape index (κ3) is 2.99. The minimum absolute atomic E-state index is 0.120.